The van der Waals surface area contributed by atoms with Crippen LogP contribution >= 0.6 is 0 Å². The minimum absolute atomic E-state index is 0.00898. The second-order valence-electron chi connectivity index (χ2n) is 4.32. The minimum atomic E-state index is -0.825. The maximum atomic E-state index is 13.0. The first kappa shape index (κ1) is 11.5. The first-order valence-corrected chi connectivity index (χ1v) is 5.47. The zero-order valence-corrected chi connectivity index (χ0v) is 9.08. The third-order valence-corrected chi connectivity index (χ3v) is 3.11. The smallest absolute Gasteiger partial charge is 0.159 e. The topological polar surface area (TPSA) is 32.3 Å². The Morgan fingerprint density at radius 1 is 1.31 bits per heavy atom. The normalized spacial score (nSPS) is 27.0. The lowest BCUT2D eigenvalue weighted by Crippen LogP contribution is -2.33. The van der Waals surface area contributed by atoms with Crippen molar-refractivity contribution in [2.24, 2.45) is 0 Å². The van der Waals surface area contributed by atoms with Crippen molar-refractivity contribution < 1.29 is 13.9 Å². The summed E-state index contributed by atoms with van der Waals surface area (Å²) in [5.41, 5.74) is 0.738. The van der Waals surface area contributed by atoms with Crippen molar-refractivity contribution in [2.45, 2.75) is 38.0 Å². The van der Waals surface area contributed by atoms with Crippen molar-refractivity contribution in [1.29, 1.82) is 0 Å². The summed E-state index contributed by atoms with van der Waals surface area (Å²) in [7, 11) is 0. The second kappa shape index (κ2) is 4.47. The number of halogens is 2. The molecule has 1 aromatic carbocycles. The van der Waals surface area contributed by atoms with Crippen LogP contribution in [0.25, 0.3) is 0 Å². The van der Waals surface area contributed by atoms with Crippen LogP contribution in [0.2, 0.25) is 0 Å². The van der Waals surface area contributed by atoms with Crippen molar-refractivity contribution in [3.05, 3.63) is 35.4 Å². The van der Waals surface area contributed by atoms with E-state index in [0.717, 1.165) is 24.5 Å². The fraction of sp³-hybridized carbons (Fsp3) is 0.500. The molecular weight excluding hydrogens is 212 g/mol. The van der Waals surface area contributed by atoms with E-state index in [0.29, 0.717) is 0 Å². The van der Waals surface area contributed by atoms with Crippen LogP contribution in [0.3, 0.4) is 0 Å². The number of hydrogen-bond donors (Lipinski definition) is 2. The van der Waals surface area contributed by atoms with Gasteiger partial charge in [-0.2, -0.15) is 0 Å². The van der Waals surface area contributed by atoms with Gasteiger partial charge in [0.15, 0.2) is 11.6 Å². The van der Waals surface area contributed by atoms with Gasteiger partial charge in [0.25, 0.3) is 0 Å². The van der Waals surface area contributed by atoms with E-state index >= 15 is 0 Å². The van der Waals surface area contributed by atoms with Crippen LogP contribution in [-0.2, 0) is 0 Å². The number of rotatable bonds is 2. The summed E-state index contributed by atoms with van der Waals surface area (Å²) >= 11 is 0. The average molecular weight is 227 g/mol. The van der Waals surface area contributed by atoms with E-state index in [4.69, 9.17) is 0 Å². The Balaban J connectivity index is 2.11. The molecule has 0 aliphatic carbocycles. The average Bonchev–Trinajstić information content (AvgIpc) is 2.71. The fourth-order valence-electron chi connectivity index (χ4n) is 2.14. The van der Waals surface area contributed by atoms with Gasteiger partial charge in [-0.3, -0.25) is 0 Å². The molecule has 0 saturated carbocycles. The zero-order valence-electron chi connectivity index (χ0n) is 9.08. The van der Waals surface area contributed by atoms with Gasteiger partial charge in [0, 0.05) is 12.1 Å². The van der Waals surface area contributed by atoms with Gasteiger partial charge < -0.3 is 10.4 Å². The van der Waals surface area contributed by atoms with Crippen molar-refractivity contribution in [3.63, 3.8) is 0 Å². The molecule has 0 unspecified atom stereocenters. The van der Waals surface area contributed by atoms with Crippen LogP contribution in [0.5, 0.6) is 0 Å². The van der Waals surface area contributed by atoms with Crippen molar-refractivity contribution >= 4 is 0 Å². The molecule has 1 aliphatic rings. The molecular formula is C12H15F2NO. The molecule has 1 aromatic rings. The highest BCUT2D eigenvalue weighted by molar-refractivity contribution is 5.22. The first-order chi connectivity index (χ1) is 7.58. The van der Waals surface area contributed by atoms with Crippen LogP contribution in [0.15, 0.2) is 18.2 Å². The Kier molecular flexibility index (Phi) is 3.21. The van der Waals surface area contributed by atoms with Gasteiger partial charge in [0.05, 0.1) is 6.10 Å². The van der Waals surface area contributed by atoms with Crippen LogP contribution in [-0.4, -0.2) is 17.3 Å². The second-order valence-corrected chi connectivity index (χ2v) is 4.32. The molecule has 1 aliphatic heterocycles. The Bertz CT molecular complexity index is 381. The lowest BCUT2D eigenvalue weighted by atomic mass is 10.0. The lowest BCUT2D eigenvalue weighted by molar-refractivity contribution is 0.152. The van der Waals surface area contributed by atoms with E-state index in [2.05, 4.69) is 5.32 Å². The number of benzene rings is 1. The molecule has 2 N–H and O–H groups in total. The van der Waals surface area contributed by atoms with Gasteiger partial charge >= 0.3 is 0 Å². The summed E-state index contributed by atoms with van der Waals surface area (Å²) in [5.74, 6) is -1.64. The molecule has 1 fully saturated rings. The highest BCUT2D eigenvalue weighted by Crippen LogP contribution is 2.28. The molecule has 88 valence electrons. The number of aliphatic hydroxyl groups is 1. The minimum Gasteiger partial charge on any atom is -0.392 e. The summed E-state index contributed by atoms with van der Waals surface area (Å²) in [6.07, 6.45) is 1.26. The summed E-state index contributed by atoms with van der Waals surface area (Å²) in [5, 5.41) is 12.6. The lowest BCUT2D eigenvalue weighted by Gasteiger charge is -2.16. The van der Waals surface area contributed by atoms with E-state index in [-0.39, 0.29) is 12.1 Å². The Morgan fingerprint density at radius 2 is 2.06 bits per heavy atom. The molecule has 0 radical (unpaired) electrons. The quantitative estimate of drug-likeness (QED) is 0.811. The summed E-state index contributed by atoms with van der Waals surface area (Å²) < 4.78 is 25.8. The van der Waals surface area contributed by atoms with Gasteiger partial charge in [0.2, 0.25) is 0 Å². The maximum absolute atomic E-state index is 13.0. The van der Waals surface area contributed by atoms with Crippen molar-refractivity contribution in [3.8, 4) is 0 Å². The molecule has 0 amide bonds. The van der Waals surface area contributed by atoms with Gasteiger partial charge in [-0.1, -0.05) is 6.07 Å². The Labute approximate surface area is 93.3 Å². The van der Waals surface area contributed by atoms with Crippen LogP contribution < -0.4 is 5.32 Å². The Morgan fingerprint density at radius 3 is 2.62 bits per heavy atom. The maximum Gasteiger partial charge on any atom is 0.159 e. The van der Waals surface area contributed by atoms with Gasteiger partial charge in [0.1, 0.15) is 0 Å². The molecule has 0 bridgehead atoms. The van der Waals surface area contributed by atoms with Gasteiger partial charge in [-0.25, -0.2) is 8.78 Å². The monoisotopic (exact) mass is 227 g/mol. The summed E-state index contributed by atoms with van der Waals surface area (Å²) in [4.78, 5) is 0. The highest BCUT2D eigenvalue weighted by Gasteiger charge is 2.28. The van der Waals surface area contributed by atoms with Crippen LogP contribution in [0.4, 0.5) is 8.78 Å². The van der Waals surface area contributed by atoms with Crippen molar-refractivity contribution in [2.75, 3.05) is 0 Å². The molecule has 3 atom stereocenters. The molecule has 0 spiro atoms. The van der Waals surface area contributed by atoms with Crippen LogP contribution in [0.1, 0.15) is 31.4 Å². The zero-order chi connectivity index (χ0) is 11.7. The van der Waals surface area contributed by atoms with E-state index in [9.17, 15) is 13.9 Å². The Hall–Kier alpha value is -1.00. The van der Waals surface area contributed by atoms with Crippen LogP contribution in [0, 0.1) is 11.6 Å². The molecule has 16 heavy (non-hydrogen) atoms. The standard InChI is InChI=1S/C12H15F2NO/c1-7(16)11-4-5-12(15-11)8-2-3-9(13)10(14)6-8/h2-3,6-7,11-12,15-16H,4-5H2,1H3/t7-,11+,12-/m0/s1. The van der Waals surface area contributed by atoms with E-state index in [1.807, 2.05) is 0 Å². The summed E-state index contributed by atoms with van der Waals surface area (Å²) in [6, 6.07) is 3.99. The summed E-state index contributed by atoms with van der Waals surface area (Å²) in [6.45, 7) is 1.73. The fourth-order valence-corrected chi connectivity index (χ4v) is 2.14. The molecule has 1 saturated heterocycles. The molecule has 4 heteroatoms. The SMILES string of the molecule is C[C@H](O)[C@H]1CC[C@@H](c2ccc(F)c(F)c2)N1. The first-order valence-electron chi connectivity index (χ1n) is 5.47. The predicted molar refractivity (Wildman–Crippen MR) is 56.9 cm³/mol. The van der Waals surface area contributed by atoms with E-state index in [1.54, 1.807) is 13.0 Å². The molecule has 2 nitrogen and oxygen atoms in total. The predicted octanol–water partition coefficient (Wildman–Crippen LogP) is 2.14. The number of hydrogen-bond acceptors (Lipinski definition) is 2. The number of aliphatic hydroxyl groups excluding tert-OH is 1. The van der Waals surface area contributed by atoms with Gasteiger partial charge in [-0.15, -0.1) is 0 Å². The highest BCUT2D eigenvalue weighted by atomic mass is 19.2. The van der Waals surface area contributed by atoms with Crippen molar-refractivity contribution in [1.82, 2.24) is 5.32 Å². The number of nitrogens with one attached hydrogen (secondary N) is 1. The largest absolute Gasteiger partial charge is 0.392 e. The third-order valence-electron chi connectivity index (χ3n) is 3.11. The third kappa shape index (κ3) is 2.23. The van der Waals surface area contributed by atoms with E-state index < -0.39 is 17.7 Å². The van der Waals surface area contributed by atoms with E-state index in [1.165, 1.54) is 6.07 Å². The van der Waals surface area contributed by atoms with Gasteiger partial charge in [-0.05, 0) is 37.5 Å². The molecule has 1 heterocycles. The molecule has 0 aromatic heterocycles. The molecule has 2 rings (SSSR count).